The second-order valence-corrected chi connectivity index (χ2v) is 5.52. The monoisotopic (exact) mass is 300 g/mol. The minimum Gasteiger partial charge on any atom is -0.379 e. The lowest BCUT2D eigenvalue weighted by Gasteiger charge is -2.16. The van der Waals surface area contributed by atoms with Gasteiger partial charge in [0.25, 0.3) is 0 Å². The Kier molecular flexibility index (Phi) is 12.2. The van der Waals surface area contributed by atoms with Crippen molar-refractivity contribution >= 4 is 5.78 Å². The molecule has 0 fully saturated rings. The molecule has 21 heavy (non-hydrogen) atoms. The van der Waals surface area contributed by atoms with E-state index in [-0.39, 0.29) is 11.2 Å². The van der Waals surface area contributed by atoms with Crippen LogP contribution in [-0.2, 0) is 23.7 Å². The second kappa shape index (κ2) is 12.8. The van der Waals surface area contributed by atoms with Crippen molar-refractivity contribution in [2.45, 2.75) is 27.2 Å². The van der Waals surface area contributed by atoms with Gasteiger partial charge in [0.2, 0.25) is 0 Å². The number of hydrogen-bond donors (Lipinski definition) is 0. The maximum Gasteiger partial charge on any atom is 0.140 e. The Bertz CT molecular complexity index is 301. The van der Waals surface area contributed by atoms with E-state index in [9.17, 15) is 4.79 Å². The van der Waals surface area contributed by atoms with Crippen LogP contribution >= 0.6 is 0 Å². The first kappa shape index (κ1) is 20.1. The fourth-order valence-corrected chi connectivity index (χ4v) is 1.33. The van der Waals surface area contributed by atoms with Crippen molar-refractivity contribution in [3.8, 4) is 12.3 Å². The van der Waals surface area contributed by atoms with E-state index < -0.39 is 0 Å². The summed E-state index contributed by atoms with van der Waals surface area (Å²) < 4.78 is 21.0. The molecule has 0 aromatic heterocycles. The molecule has 0 atom stereocenters. The standard InChI is InChI=1S/C16H28O5/c1-5-7-18-9-11-20-13-14-21-12-10-19-8-6-15(17)16(2,3)4/h1H,6-14H2,2-4H3. The molecule has 5 heteroatoms. The van der Waals surface area contributed by atoms with E-state index >= 15 is 0 Å². The molecule has 0 aliphatic heterocycles. The summed E-state index contributed by atoms with van der Waals surface area (Å²) in [6.07, 6.45) is 5.48. The first-order valence-corrected chi connectivity index (χ1v) is 7.26. The van der Waals surface area contributed by atoms with Crippen LogP contribution in [0.25, 0.3) is 0 Å². The highest BCUT2D eigenvalue weighted by atomic mass is 16.6. The van der Waals surface area contributed by atoms with E-state index in [1.807, 2.05) is 20.8 Å². The van der Waals surface area contributed by atoms with Gasteiger partial charge in [0, 0.05) is 11.8 Å². The SMILES string of the molecule is C#CCOCCOCCOCCOCCC(=O)C(C)(C)C. The molecular weight excluding hydrogens is 272 g/mol. The van der Waals surface area contributed by atoms with Crippen molar-refractivity contribution in [1.82, 2.24) is 0 Å². The lowest BCUT2D eigenvalue weighted by molar-refractivity contribution is -0.127. The van der Waals surface area contributed by atoms with Gasteiger partial charge >= 0.3 is 0 Å². The van der Waals surface area contributed by atoms with Gasteiger partial charge in [-0.25, -0.2) is 0 Å². The number of Topliss-reactive ketones (excluding diaryl/α,β-unsaturated/α-hetero) is 1. The highest BCUT2D eigenvalue weighted by Gasteiger charge is 2.20. The molecule has 0 N–H and O–H groups in total. The molecule has 5 nitrogen and oxygen atoms in total. The fourth-order valence-electron chi connectivity index (χ4n) is 1.33. The molecule has 0 aliphatic rings. The molecule has 0 amide bonds. The number of terminal acetylenes is 1. The highest BCUT2D eigenvalue weighted by Crippen LogP contribution is 2.16. The average molecular weight is 300 g/mol. The predicted octanol–water partition coefficient (Wildman–Crippen LogP) is 1.69. The third-order valence-electron chi connectivity index (χ3n) is 2.61. The number of ketones is 1. The van der Waals surface area contributed by atoms with Crippen molar-refractivity contribution in [1.29, 1.82) is 0 Å². The van der Waals surface area contributed by atoms with Crippen LogP contribution in [0.3, 0.4) is 0 Å². The molecule has 0 unspecified atom stereocenters. The lowest BCUT2D eigenvalue weighted by Crippen LogP contribution is -2.22. The van der Waals surface area contributed by atoms with Gasteiger partial charge in [-0.3, -0.25) is 4.79 Å². The van der Waals surface area contributed by atoms with Crippen LogP contribution in [0.15, 0.2) is 0 Å². The van der Waals surface area contributed by atoms with Crippen LogP contribution in [0, 0.1) is 17.8 Å². The summed E-state index contributed by atoms with van der Waals surface area (Å²) in [5.74, 6) is 2.59. The number of carbonyl (C=O) groups is 1. The summed E-state index contributed by atoms with van der Waals surface area (Å²) in [5, 5.41) is 0. The number of rotatable bonds is 13. The van der Waals surface area contributed by atoms with Gasteiger partial charge in [-0.1, -0.05) is 26.7 Å². The molecule has 0 aromatic carbocycles. The summed E-state index contributed by atoms with van der Waals surface area (Å²) in [6, 6.07) is 0. The number of ether oxygens (including phenoxy) is 4. The molecule has 0 spiro atoms. The normalized spacial score (nSPS) is 11.3. The van der Waals surface area contributed by atoms with E-state index in [1.54, 1.807) is 0 Å². The minimum atomic E-state index is -0.291. The molecular formula is C16H28O5. The zero-order valence-electron chi connectivity index (χ0n) is 13.5. The average Bonchev–Trinajstić information content (AvgIpc) is 2.42. The molecule has 122 valence electrons. The van der Waals surface area contributed by atoms with Crippen molar-refractivity contribution < 1.29 is 23.7 Å². The Balaban J connectivity index is 3.16. The van der Waals surface area contributed by atoms with Crippen molar-refractivity contribution in [2.24, 2.45) is 5.41 Å². The summed E-state index contributed by atoms with van der Waals surface area (Å²) in [4.78, 5) is 11.6. The van der Waals surface area contributed by atoms with E-state index in [0.717, 1.165) is 0 Å². The molecule has 0 saturated carbocycles. The Morgan fingerprint density at radius 2 is 1.29 bits per heavy atom. The highest BCUT2D eigenvalue weighted by molar-refractivity contribution is 5.83. The Labute approximate surface area is 128 Å². The number of hydrogen-bond acceptors (Lipinski definition) is 5. The zero-order chi connectivity index (χ0) is 16.0. The van der Waals surface area contributed by atoms with Gasteiger partial charge < -0.3 is 18.9 Å². The third-order valence-corrected chi connectivity index (χ3v) is 2.61. The van der Waals surface area contributed by atoms with Crippen LogP contribution in [-0.4, -0.2) is 58.6 Å². The maximum atomic E-state index is 11.6. The van der Waals surface area contributed by atoms with E-state index in [1.165, 1.54) is 0 Å². The molecule has 0 saturated heterocycles. The maximum absolute atomic E-state index is 11.6. The zero-order valence-corrected chi connectivity index (χ0v) is 13.5. The summed E-state index contributed by atoms with van der Waals surface area (Å²) in [7, 11) is 0. The van der Waals surface area contributed by atoms with Crippen LogP contribution < -0.4 is 0 Å². The topological polar surface area (TPSA) is 54.0 Å². The van der Waals surface area contributed by atoms with Crippen LogP contribution in [0.5, 0.6) is 0 Å². The van der Waals surface area contributed by atoms with Crippen LogP contribution in [0.2, 0.25) is 0 Å². The first-order valence-electron chi connectivity index (χ1n) is 7.26. The molecule has 0 aliphatic carbocycles. The molecule has 0 aromatic rings. The van der Waals surface area contributed by atoms with Crippen LogP contribution in [0.1, 0.15) is 27.2 Å². The molecule has 0 rings (SSSR count). The van der Waals surface area contributed by atoms with E-state index in [0.29, 0.717) is 59.3 Å². The summed E-state index contributed by atoms with van der Waals surface area (Å²) >= 11 is 0. The smallest absolute Gasteiger partial charge is 0.140 e. The second-order valence-electron chi connectivity index (χ2n) is 5.52. The Hall–Kier alpha value is -0.930. The van der Waals surface area contributed by atoms with Gasteiger partial charge in [0.1, 0.15) is 12.4 Å². The molecule has 0 radical (unpaired) electrons. The van der Waals surface area contributed by atoms with E-state index in [4.69, 9.17) is 25.4 Å². The van der Waals surface area contributed by atoms with Crippen molar-refractivity contribution in [2.75, 3.05) is 52.9 Å². The Morgan fingerprint density at radius 1 is 0.857 bits per heavy atom. The van der Waals surface area contributed by atoms with Gasteiger partial charge in [-0.15, -0.1) is 6.42 Å². The number of carbonyl (C=O) groups excluding carboxylic acids is 1. The summed E-state index contributed by atoms with van der Waals surface area (Å²) in [5.41, 5.74) is -0.291. The summed E-state index contributed by atoms with van der Waals surface area (Å²) in [6.45, 7) is 9.52. The van der Waals surface area contributed by atoms with Crippen molar-refractivity contribution in [3.63, 3.8) is 0 Å². The lowest BCUT2D eigenvalue weighted by atomic mass is 9.89. The quantitative estimate of drug-likeness (QED) is 0.383. The van der Waals surface area contributed by atoms with E-state index in [2.05, 4.69) is 5.92 Å². The Morgan fingerprint density at radius 3 is 1.71 bits per heavy atom. The molecule has 0 bridgehead atoms. The minimum absolute atomic E-state index is 0.212. The largest absolute Gasteiger partial charge is 0.379 e. The molecule has 0 heterocycles. The van der Waals surface area contributed by atoms with Crippen molar-refractivity contribution in [3.05, 3.63) is 0 Å². The third kappa shape index (κ3) is 13.8. The predicted molar refractivity (Wildman–Crippen MR) is 81.2 cm³/mol. The van der Waals surface area contributed by atoms with Gasteiger partial charge in [0.15, 0.2) is 0 Å². The van der Waals surface area contributed by atoms with Gasteiger partial charge in [-0.05, 0) is 0 Å². The van der Waals surface area contributed by atoms with Gasteiger partial charge in [-0.2, -0.15) is 0 Å². The van der Waals surface area contributed by atoms with Gasteiger partial charge in [0.05, 0.1) is 46.2 Å². The fraction of sp³-hybridized carbons (Fsp3) is 0.812. The first-order chi connectivity index (χ1) is 9.98. The van der Waals surface area contributed by atoms with Crippen LogP contribution in [0.4, 0.5) is 0 Å².